The van der Waals surface area contributed by atoms with Crippen LogP contribution in [0, 0.1) is 6.92 Å². The molecule has 0 aliphatic rings. The summed E-state index contributed by atoms with van der Waals surface area (Å²) in [4.78, 5) is 23.8. The lowest BCUT2D eigenvalue weighted by atomic mass is 10.1. The SMILES string of the molecule is Cc1cc(/C=C(/NC(=O)c2ccccc2)C(=O)O)ccc1Oc1ccccc1Cl. The first kappa shape index (κ1) is 20.2. The summed E-state index contributed by atoms with van der Waals surface area (Å²) in [6, 6.07) is 20.7. The Morgan fingerprint density at radius 1 is 0.966 bits per heavy atom. The number of aliphatic carboxylic acids is 1. The van der Waals surface area contributed by atoms with E-state index < -0.39 is 11.9 Å². The minimum Gasteiger partial charge on any atom is -0.477 e. The Kier molecular flexibility index (Phi) is 6.32. The maximum absolute atomic E-state index is 12.3. The molecule has 0 saturated carbocycles. The van der Waals surface area contributed by atoms with Crippen molar-refractivity contribution >= 4 is 29.6 Å². The van der Waals surface area contributed by atoms with Gasteiger partial charge in [-0.15, -0.1) is 0 Å². The van der Waals surface area contributed by atoms with Crippen molar-refractivity contribution in [3.05, 3.63) is 100 Å². The first-order chi connectivity index (χ1) is 13.9. The maximum Gasteiger partial charge on any atom is 0.352 e. The lowest BCUT2D eigenvalue weighted by molar-refractivity contribution is -0.132. The fourth-order valence-electron chi connectivity index (χ4n) is 2.62. The highest BCUT2D eigenvalue weighted by molar-refractivity contribution is 6.32. The number of hydrogen-bond donors (Lipinski definition) is 2. The number of benzene rings is 3. The molecular formula is C23H18ClNO4. The average molecular weight is 408 g/mol. The fraction of sp³-hybridized carbons (Fsp3) is 0.0435. The first-order valence-electron chi connectivity index (χ1n) is 8.78. The molecule has 0 aliphatic carbocycles. The number of carboxylic acid groups (broad SMARTS) is 1. The number of halogens is 1. The standard InChI is InChI=1S/C23H18ClNO4/c1-15-13-16(11-12-20(15)29-21-10-6-5-9-18(21)24)14-19(23(27)28)25-22(26)17-7-3-2-4-8-17/h2-14H,1H3,(H,25,26)(H,27,28)/b19-14+. The monoisotopic (exact) mass is 407 g/mol. The molecule has 3 aromatic rings. The highest BCUT2D eigenvalue weighted by Gasteiger charge is 2.14. The molecule has 0 fully saturated rings. The van der Waals surface area contributed by atoms with Gasteiger partial charge in [0.15, 0.2) is 0 Å². The number of carbonyl (C=O) groups is 2. The zero-order valence-corrected chi connectivity index (χ0v) is 16.3. The van der Waals surface area contributed by atoms with Crippen LogP contribution >= 0.6 is 11.6 Å². The van der Waals surface area contributed by atoms with E-state index in [0.29, 0.717) is 27.6 Å². The van der Waals surface area contributed by atoms with E-state index in [-0.39, 0.29) is 5.70 Å². The Labute approximate surface area is 173 Å². The molecule has 0 unspecified atom stereocenters. The number of carboxylic acids is 1. The van der Waals surface area contributed by atoms with Gasteiger partial charge in [-0.1, -0.05) is 48.0 Å². The van der Waals surface area contributed by atoms with Gasteiger partial charge in [-0.25, -0.2) is 4.79 Å². The van der Waals surface area contributed by atoms with Gasteiger partial charge in [-0.05, 0) is 60.5 Å². The molecule has 0 spiro atoms. The van der Waals surface area contributed by atoms with Gasteiger partial charge in [-0.2, -0.15) is 0 Å². The highest BCUT2D eigenvalue weighted by atomic mass is 35.5. The van der Waals surface area contributed by atoms with Crippen LogP contribution in [0.1, 0.15) is 21.5 Å². The topological polar surface area (TPSA) is 75.6 Å². The van der Waals surface area contributed by atoms with E-state index in [9.17, 15) is 14.7 Å². The smallest absolute Gasteiger partial charge is 0.352 e. The average Bonchev–Trinajstić information content (AvgIpc) is 2.71. The Morgan fingerprint density at radius 2 is 1.66 bits per heavy atom. The second-order valence-corrected chi connectivity index (χ2v) is 6.65. The summed E-state index contributed by atoms with van der Waals surface area (Å²) in [5, 5.41) is 12.4. The molecule has 146 valence electrons. The predicted molar refractivity (Wildman–Crippen MR) is 112 cm³/mol. The van der Waals surface area contributed by atoms with E-state index in [1.807, 2.05) is 19.1 Å². The van der Waals surface area contributed by atoms with E-state index in [1.54, 1.807) is 60.7 Å². The molecule has 29 heavy (non-hydrogen) atoms. The second kappa shape index (κ2) is 9.08. The van der Waals surface area contributed by atoms with Crippen LogP contribution in [0.25, 0.3) is 6.08 Å². The van der Waals surface area contributed by atoms with Gasteiger partial charge in [0.25, 0.3) is 5.91 Å². The summed E-state index contributed by atoms with van der Waals surface area (Å²) in [5.41, 5.74) is 1.55. The van der Waals surface area contributed by atoms with Crippen LogP contribution in [0.15, 0.2) is 78.5 Å². The first-order valence-corrected chi connectivity index (χ1v) is 9.16. The number of ether oxygens (including phenoxy) is 1. The minimum absolute atomic E-state index is 0.224. The fourth-order valence-corrected chi connectivity index (χ4v) is 2.80. The molecule has 1 amide bonds. The Morgan fingerprint density at radius 3 is 2.31 bits per heavy atom. The van der Waals surface area contributed by atoms with Gasteiger partial charge in [0.05, 0.1) is 5.02 Å². The van der Waals surface area contributed by atoms with Crippen LogP contribution in [0.4, 0.5) is 0 Å². The zero-order valence-electron chi connectivity index (χ0n) is 15.6. The van der Waals surface area contributed by atoms with Crippen molar-refractivity contribution in [3.63, 3.8) is 0 Å². The quantitative estimate of drug-likeness (QED) is 0.544. The molecule has 0 aromatic heterocycles. The van der Waals surface area contributed by atoms with Gasteiger partial charge in [0, 0.05) is 5.56 Å². The molecule has 3 aromatic carbocycles. The molecule has 0 aliphatic heterocycles. The lowest BCUT2D eigenvalue weighted by Crippen LogP contribution is -2.27. The largest absolute Gasteiger partial charge is 0.477 e. The normalized spacial score (nSPS) is 11.0. The number of hydrogen-bond acceptors (Lipinski definition) is 3. The summed E-state index contributed by atoms with van der Waals surface area (Å²) in [6.45, 7) is 1.84. The summed E-state index contributed by atoms with van der Waals surface area (Å²) in [6.07, 6.45) is 1.40. The minimum atomic E-state index is -1.23. The Bertz CT molecular complexity index is 1080. The van der Waals surface area contributed by atoms with Crippen LogP contribution in [-0.2, 0) is 4.79 Å². The van der Waals surface area contributed by atoms with Gasteiger partial charge >= 0.3 is 5.97 Å². The Balaban J connectivity index is 1.81. The molecule has 0 bridgehead atoms. The van der Waals surface area contributed by atoms with Crippen molar-refractivity contribution in [1.29, 1.82) is 0 Å². The van der Waals surface area contributed by atoms with Crippen molar-refractivity contribution in [2.24, 2.45) is 0 Å². The van der Waals surface area contributed by atoms with E-state index >= 15 is 0 Å². The third kappa shape index (κ3) is 5.24. The zero-order chi connectivity index (χ0) is 20.8. The van der Waals surface area contributed by atoms with E-state index in [0.717, 1.165) is 5.56 Å². The number of aryl methyl sites for hydroxylation is 1. The maximum atomic E-state index is 12.3. The summed E-state index contributed by atoms with van der Waals surface area (Å²) in [5.74, 6) is -0.597. The van der Waals surface area contributed by atoms with Crippen LogP contribution in [0.2, 0.25) is 5.02 Å². The van der Waals surface area contributed by atoms with Crippen LogP contribution in [0.3, 0.4) is 0 Å². The molecule has 0 atom stereocenters. The van der Waals surface area contributed by atoms with Crippen LogP contribution < -0.4 is 10.1 Å². The summed E-state index contributed by atoms with van der Waals surface area (Å²) >= 11 is 6.12. The van der Waals surface area contributed by atoms with Gasteiger partial charge in [-0.3, -0.25) is 4.79 Å². The Hall–Kier alpha value is -3.57. The summed E-state index contributed by atoms with van der Waals surface area (Å²) in [7, 11) is 0. The molecule has 6 heteroatoms. The van der Waals surface area contributed by atoms with Crippen molar-refractivity contribution in [3.8, 4) is 11.5 Å². The van der Waals surface area contributed by atoms with E-state index in [2.05, 4.69) is 5.32 Å². The number of nitrogens with one attached hydrogen (secondary N) is 1. The summed E-state index contributed by atoms with van der Waals surface area (Å²) < 4.78 is 5.83. The van der Waals surface area contributed by atoms with Crippen LogP contribution in [-0.4, -0.2) is 17.0 Å². The van der Waals surface area contributed by atoms with Crippen LogP contribution in [0.5, 0.6) is 11.5 Å². The lowest BCUT2D eigenvalue weighted by Gasteiger charge is -2.11. The molecule has 0 radical (unpaired) electrons. The van der Waals surface area contributed by atoms with Gasteiger partial charge < -0.3 is 15.2 Å². The number of amides is 1. The third-order valence-electron chi connectivity index (χ3n) is 4.08. The second-order valence-electron chi connectivity index (χ2n) is 6.24. The number of carbonyl (C=O) groups excluding carboxylic acids is 1. The van der Waals surface area contributed by atoms with Crippen molar-refractivity contribution in [2.45, 2.75) is 6.92 Å². The van der Waals surface area contributed by atoms with E-state index in [1.165, 1.54) is 6.08 Å². The van der Waals surface area contributed by atoms with Gasteiger partial charge in [0.1, 0.15) is 17.2 Å². The molecule has 2 N–H and O–H groups in total. The number of rotatable bonds is 6. The van der Waals surface area contributed by atoms with Crippen molar-refractivity contribution < 1.29 is 19.4 Å². The molecule has 0 heterocycles. The number of para-hydroxylation sites is 1. The molecular weight excluding hydrogens is 390 g/mol. The molecule has 0 saturated heterocycles. The molecule has 5 nitrogen and oxygen atoms in total. The molecule has 3 rings (SSSR count). The third-order valence-corrected chi connectivity index (χ3v) is 4.39. The van der Waals surface area contributed by atoms with Gasteiger partial charge in [0.2, 0.25) is 0 Å². The van der Waals surface area contributed by atoms with E-state index in [4.69, 9.17) is 16.3 Å². The van der Waals surface area contributed by atoms with Crippen molar-refractivity contribution in [1.82, 2.24) is 5.32 Å². The van der Waals surface area contributed by atoms with Crippen molar-refractivity contribution in [2.75, 3.05) is 0 Å². The predicted octanol–water partition coefficient (Wildman–Crippen LogP) is 5.30. The highest BCUT2D eigenvalue weighted by Crippen LogP contribution is 2.31.